The number of pyridine rings is 1. The molecule has 6 heteroatoms. The standard InChI is InChI=1S/C27H31N3O3/c31-21-8-9-22-24(15-21)29-26(19-5-2-1-3-6-19)23(25(22)27(32)33)17-30-14-4-7-20(16-30)18-10-12-28-13-11-18/h1-3,5-6,8-9,15,18,20,28,31H,4,7,10-14,16-17H2,(H,32,33). The van der Waals surface area contributed by atoms with Crippen LogP contribution >= 0.6 is 0 Å². The van der Waals surface area contributed by atoms with Gasteiger partial charge in [-0.05, 0) is 69.3 Å². The Morgan fingerprint density at radius 3 is 2.61 bits per heavy atom. The Bertz CT molecular complexity index is 1140. The highest BCUT2D eigenvalue weighted by atomic mass is 16.4. The molecule has 33 heavy (non-hydrogen) atoms. The zero-order valence-corrected chi connectivity index (χ0v) is 18.8. The lowest BCUT2D eigenvalue weighted by Crippen LogP contribution is -2.41. The lowest BCUT2D eigenvalue weighted by molar-refractivity contribution is 0.0694. The second-order valence-corrected chi connectivity index (χ2v) is 9.41. The number of hydrogen-bond donors (Lipinski definition) is 3. The predicted molar refractivity (Wildman–Crippen MR) is 129 cm³/mol. The van der Waals surface area contributed by atoms with Crippen molar-refractivity contribution in [3.05, 3.63) is 59.7 Å². The second kappa shape index (κ2) is 9.49. The number of carboxylic acid groups (broad SMARTS) is 1. The van der Waals surface area contributed by atoms with E-state index in [0.717, 1.165) is 49.6 Å². The molecule has 0 aliphatic carbocycles. The number of hydrogen-bond acceptors (Lipinski definition) is 5. The second-order valence-electron chi connectivity index (χ2n) is 9.41. The van der Waals surface area contributed by atoms with Crippen LogP contribution in [0.25, 0.3) is 22.2 Å². The molecule has 3 heterocycles. The Morgan fingerprint density at radius 1 is 1.06 bits per heavy atom. The smallest absolute Gasteiger partial charge is 0.336 e. The van der Waals surface area contributed by atoms with Crippen molar-refractivity contribution < 1.29 is 15.0 Å². The Morgan fingerprint density at radius 2 is 1.85 bits per heavy atom. The van der Waals surface area contributed by atoms with Gasteiger partial charge in [0.1, 0.15) is 5.75 Å². The third-order valence-corrected chi connectivity index (χ3v) is 7.31. The fraction of sp³-hybridized carbons (Fsp3) is 0.407. The lowest BCUT2D eigenvalue weighted by Gasteiger charge is -2.39. The molecular formula is C27H31N3O3. The van der Waals surface area contributed by atoms with Gasteiger partial charge in [-0.25, -0.2) is 9.78 Å². The van der Waals surface area contributed by atoms with Crippen molar-refractivity contribution in [2.75, 3.05) is 26.2 Å². The molecule has 1 atom stereocenters. The first-order valence-corrected chi connectivity index (χ1v) is 12.0. The fourth-order valence-corrected chi connectivity index (χ4v) is 5.68. The van der Waals surface area contributed by atoms with Crippen molar-refractivity contribution in [2.24, 2.45) is 11.8 Å². The van der Waals surface area contributed by atoms with E-state index < -0.39 is 5.97 Å². The normalized spacial score (nSPS) is 20.2. The molecule has 0 radical (unpaired) electrons. The molecular weight excluding hydrogens is 414 g/mol. The van der Waals surface area contributed by atoms with Gasteiger partial charge in [-0.2, -0.15) is 0 Å². The number of nitrogens with zero attached hydrogens (tertiary/aromatic N) is 2. The molecule has 172 valence electrons. The number of nitrogens with one attached hydrogen (secondary N) is 1. The summed E-state index contributed by atoms with van der Waals surface area (Å²) < 4.78 is 0. The van der Waals surface area contributed by atoms with E-state index in [1.807, 2.05) is 30.3 Å². The number of aromatic hydroxyl groups is 1. The molecule has 2 saturated heterocycles. The van der Waals surface area contributed by atoms with Crippen molar-refractivity contribution in [1.82, 2.24) is 15.2 Å². The highest BCUT2D eigenvalue weighted by Crippen LogP contribution is 2.35. The zero-order valence-electron chi connectivity index (χ0n) is 18.8. The summed E-state index contributed by atoms with van der Waals surface area (Å²) in [6, 6.07) is 14.5. The number of carboxylic acids is 1. The SMILES string of the molecule is O=C(O)c1c(CN2CCCC(C3CCNCC3)C2)c(-c2ccccc2)nc2cc(O)ccc12. The molecule has 1 unspecified atom stereocenters. The molecule has 5 rings (SSSR count). The van der Waals surface area contributed by atoms with Crippen LogP contribution in [0.1, 0.15) is 41.6 Å². The quantitative estimate of drug-likeness (QED) is 0.536. The van der Waals surface area contributed by atoms with Crippen molar-refractivity contribution in [1.29, 1.82) is 0 Å². The number of aromatic nitrogens is 1. The van der Waals surface area contributed by atoms with E-state index in [4.69, 9.17) is 4.98 Å². The Hall–Kier alpha value is -2.96. The van der Waals surface area contributed by atoms with E-state index in [9.17, 15) is 15.0 Å². The maximum absolute atomic E-state index is 12.5. The molecule has 3 N–H and O–H groups in total. The molecule has 2 aromatic carbocycles. The monoisotopic (exact) mass is 445 g/mol. The van der Waals surface area contributed by atoms with Crippen LogP contribution in [-0.4, -0.2) is 52.2 Å². The summed E-state index contributed by atoms with van der Waals surface area (Å²) in [6.07, 6.45) is 4.87. The number of carbonyl (C=O) groups is 1. The minimum atomic E-state index is -0.952. The third-order valence-electron chi connectivity index (χ3n) is 7.31. The molecule has 1 aromatic heterocycles. The van der Waals surface area contributed by atoms with Crippen LogP contribution in [-0.2, 0) is 6.54 Å². The van der Waals surface area contributed by atoms with E-state index in [1.54, 1.807) is 12.1 Å². The van der Waals surface area contributed by atoms with Crippen LogP contribution < -0.4 is 5.32 Å². The van der Waals surface area contributed by atoms with Crippen LogP contribution in [0.2, 0.25) is 0 Å². The van der Waals surface area contributed by atoms with E-state index in [-0.39, 0.29) is 5.75 Å². The molecule has 2 fully saturated rings. The molecule has 0 amide bonds. The van der Waals surface area contributed by atoms with E-state index in [2.05, 4.69) is 10.2 Å². The summed E-state index contributed by atoms with van der Waals surface area (Å²) in [7, 11) is 0. The average molecular weight is 446 g/mol. The summed E-state index contributed by atoms with van der Waals surface area (Å²) in [5.41, 5.74) is 3.14. The van der Waals surface area contributed by atoms with Crippen LogP contribution in [0.3, 0.4) is 0 Å². The molecule has 2 aliphatic rings. The van der Waals surface area contributed by atoms with E-state index in [1.165, 1.54) is 25.3 Å². The molecule has 0 spiro atoms. The zero-order chi connectivity index (χ0) is 22.8. The van der Waals surface area contributed by atoms with Gasteiger partial charge in [-0.3, -0.25) is 4.90 Å². The summed E-state index contributed by atoms with van der Waals surface area (Å²) in [5, 5.41) is 24.3. The fourth-order valence-electron chi connectivity index (χ4n) is 5.68. The van der Waals surface area contributed by atoms with E-state index >= 15 is 0 Å². The number of aromatic carboxylic acids is 1. The van der Waals surface area contributed by atoms with Gasteiger partial charge < -0.3 is 15.5 Å². The number of piperidine rings is 2. The number of phenolic OH excluding ortho intramolecular Hbond substituents is 1. The Labute approximate surface area is 194 Å². The highest BCUT2D eigenvalue weighted by Gasteiger charge is 2.30. The summed E-state index contributed by atoms with van der Waals surface area (Å²) >= 11 is 0. The Balaban J connectivity index is 1.56. The lowest BCUT2D eigenvalue weighted by atomic mass is 9.80. The van der Waals surface area contributed by atoms with E-state index in [0.29, 0.717) is 34.6 Å². The van der Waals surface area contributed by atoms with Gasteiger partial charge in [0.15, 0.2) is 0 Å². The molecule has 0 bridgehead atoms. The third kappa shape index (κ3) is 4.59. The summed E-state index contributed by atoms with van der Waals surface area (Å²) in [6.45, 7) is 4.75. The highest BCUT2D eigenvalue weighted by molar-refractivity contribution is 6.06. The largest absolute Gasteiger partial charge is 0.508 e. The van der Waals surface area contributed by atoms with Gasteiger partial charge in [-0.1, -0.05) is 30.3 Å². The van der Waals surface area contributed by atoms with Crippen LogP contribution in [0.15, 0.2) is 48.5 Å². The predicted octanol–water partition coefficient (Wildman–Crippen LogP) is 4.52. The first-order chi connectivity index (χ1) is 16.1. The summed E-state index contributed by atoms with van der Waals surface area (Å²) in [5.74, 6) is 0.546. The van der Waals surface area contributed by atoms with Gasteiger partial charge in [0.05, 0.1) is 16.8 Å². The minimum Gasteiger partial charge on any atom is -0.508 e. The maximum Gasteiger partial charge on any atom is 0.336 e. The topological polar surface area (TPSA) is 85.7 Å². The number of fused-ring (bicyclic) bond motifs is 1. The van der Waals surface area contributed by atoms with Gasteiger partial charge in [0, 0.05) is 35.7 Å². The van der Waals surface area contributed by atoms with Gasteiger partial charge in [-0.15, -0.1) is 0 Å². The first kappa shape index (κ1) is 21.9. The van der Waals surface area contributed by atoms with Crippen molar-refractivity contribution in [3.8, 4) is 17.0 Å². The maximum atomic E-state index is 12.5. The average Bonchev–Trinajstić information content (AvgIpc) is 2.84. The van der Waals surface area contributed by atoms with Crippen molar-refractivity contribution >= 4 is 16.9 Å². The molecule has 2 aliphatic heterocycles. The molecule has 6 nitrogen and oxygen atoms in total. The van der Waals surface area contributed by atoms with Crippen LogP contribution in [0.5, 0.6) is 5.75 Å². The van der Waals surface area contributed by atoms with Crippen LogP contribution in [0, 0.1) is 11.8 Å². The van der Waals surface area contributed by atoms with Crippen molar-refractivity contribution in [2.45, 2.75) is 32.2 Å². The molecule has 0 saturated carbocycles. The summed E-state index contributed by atoms with van der Waals surface area (Å²) in [4.78, 5) is 19.8. The number of phenols is 1. The van der Waals surface area contributed by atoms with Gasteiger partial charge in [0.25, 0.3) is 0 Å². The number of benzene rings is 2. The van der Waals surface area contributed by atoms with Crippen molar-refractivity contribution in [3.63, 3.8) is 0 Å². The molecule has 3 aromatic rings. The number of rotatable bonds is 5. The minimum absolute atomic E-state index is 0.0824. The van der Waals surface area contributed by atoms with Crippen LogP contribution in [0.4, 0.5) is 0 Å². The van der Waals surface area contributed by atoms with Gasteiger partial charge >= 0.3 is 5.97 Å². The number of likely N-dealkylation sites (tertiary alicyclic amines) is 1. The van der Waals surface area contributed by atoms with Gasteiger partial charge in [0.2, 0.25) is 0 Å². The first-order valence-electron chi connectivity index (χ1n) is 12.0. The Kier molecular flexibility index (Phi) is 6.29.